The molecule has 0 amide bonds. The van der Waals surface area contributed by atoms with Gasteiger partial charge in [-0.15, -0.1) is 16.8 Å². The number of esters is 1. The maximum atomic E-state index is 12.5. The molecule has 0 spiro atoms. The molecular weight excluding hydrogens is 350 g/mol. The maximum absolute atomic E-state index is 12.5. The fraction of sp³-hybridized carbons (Fsp3) is 0.783. The number of rotatable bonds is 9. The van der Waals surface area contributed by atoms with Gasteiger partial charge in [-0.3, -0.25) is 4.79 Å². The van der Waals surface area contributed by atoms with Crippen molar-refractivity contribution < 1.29 is 9.53 Å². The lowest BCUT2D eigenvalue weighted by Crippen LogP contribution is -2.27. The summed E-state index contributed by atoms with van der Waals surface area (Å²) in [5, 5.41) is 9.22. The van der Waals surface area contributed by atoms with Gasteiger partial charge in [-0.05, 0) is 71.1 Å². The second-order valence-electron chi connectivity index (χ2n) is 10.2. The van der Waals surface area contributed by atoms with Gasteiger partial charge >= 0.3 is 5.97 Å². The normalized spacial score (nSPS) is 23.4. The number of hydrogen-bond donors (Lipinski definition) is 0. The molecule has 2 aliphatic carbocycles. The zero-order valence-corrected chi connectivity index (χ0v) is 18.3. The molecular formula is C23H37N3O2. The van der Waals surface area contributed by atoms with Crippen molar-refractivity contribution >= 4 is 5.97 Å². The summed E-state index contributed by atoms with van der Waals surface area (Å²) in [7, 11) is 0. The Labute approximate surface area is 169 Å². The van der Waals surface area contributed by atoms with Gasteiger partial charge in [-0.2, -0.15) is 0 Å². The molecule has 1 unspecified atom stereocenters. The quantitative estimate of drug-likeness (QED) is 0.412. The van der Waals surface area contributed by atoms with E-state index in [-0.39, 0.29) is 11.9 Å². The molecule has 156 valence electrons. The van der Waals surface area contributed by atoms with E-state index in [4.69, 9.17) is 4.74 Å². The van der Waals surface area contributed by atoms with E-state index in [0.29, 0.717) is 24.8 Å². The minimum atomic E-state index is -0.470. The largest absolute Gasteiger partial charge is 0.460 e. The van der Waals surface area contributed by atoms with E-state index >= 15 is 0 Å². The molecule has 1 aromatic heterocycles. The first kappa shape index (κ1) is 21.1. The third-order valence-corrected chi connectivity index (χ3v) is 5.72. The fourth-order valence-corrected chi connectivity index (χ4v) is 4.45. The summed E-state index contributed by atoms with van der Waals surface area (Å²) in [6.45, 7) is 14.2. The minimum Gasteiger partial charge on any atom is -0.460 e. The highest BCUT2D eigenvalue weighted by Gasteiger charge is 2.39. The van der Waals surface area contributed by atoms with Crippen LogP contribution in [0.5, 0.6) is 0 Å². The Balaban J connectivity index is 1.75. The zero-order chi connectivity index (χ0) is 20.5. The Morgan fingerprint density at radius 2 is 1.96 bits per heavy atom. The lowest BCUT2D eigenvalue weighted by Gasteiger charge is -2.36. The predicted molar refractivity (Wildman–Crippen MR) is 111 cm³/mol. The SMILES string of the molecule is C=CCC(CC(=O)OC(C)(C)C)c1nnc([C@H]2C[C@@H](CC(C)C)C2)n1C1CC1. The number of ether oxygens (including phenoxy) is 1. The molecule has 1 atom stereocenters. The summed E-state index contributed by atoms with van der Waals surface area (Å²) in [6, 6.07) is 0.509. The second kappa shape index (κ2) is 8.38. The topological polar surface area (TPSA) is 57.0 Å². The molecule has 0 radical (unpaired) electrons. The summed E-state index contributed by atoms with van der Waals surface area (Å²) in [6.07, 6.45) is 9.05. The van der Waals surface area contributed by atoms with Crippen molar-refractivity contribution in [2.75, 3.05) is 0 Å². The molecule has 0 saturated heterocycles. The highest BCUT2D eigenvalue weighted by Crippen LogP contribution is 2.48. The van der Waals surface area contributed by atoms with Gasteiger partial charge in [0, 0.05) is 17.9 Å². The standard InChI is InChI=1S/C23H37N3O2/c1-7-8-17(14-20(27)28-23(4,5)6)21-24-25-22(26(21)19-9-10-19)18-12-16(13-18)11-15(2)3/h7,15-19H,1,8-14H2,2-6H3/t16-,17?,18+. The molecule has 2 fully saturated rings. The minimum absolute atomic E-state index is 0.0132. The van der Waals surface area contributed by atoms with Crippen LogP contribution in [0.4, 0.5) is 0 Å². The van der Waals surface area contributed by atoms with E-state index in [9.17, 15) is 4.79 Å². The Kier molecular flexibility index (Phi) is 6.31. The van der Waals surface area contributed by atoms with Crippen LogP contribution >= 0.6 is 0 Å². The average molecular weight is 388 g/mol. The number of allylic oxidation sites excluding steroid dienone is 1. The number of hydrogen-bond acceptors (Lipinski definition) is 4. The fourth-order valence-electron chi connectivity index (χ4n) is 4.45. The first-order valence-electron chi connectivity index (χ1n) is 10.9. The molecule has 0 aliphatic heterocycles. The number of aromatic nitrogens is 3. The number of carbonyl (C=O) groups excluding carboxylic acids is 1. The predicted octanol–water partition coefficient (Wildman–Crippen LogP) is 5.54. The van der Waals surface area contributed by atoms with Crippen LogP contribution in [0.3, 0.4) is 0 Å². The zero-order valence-electron chi connectivity index (χ0n) is 18.3. The van der Waals surface area contributed by atoms with E-state index in [2.05, 4.69) is 35.2 Å². The molecule has 0 aromatic carbocycles. The van der Waals surface area contributed by atoms with Crippen molar-refractivity contribution in [1.82, 2.24) is 14.8 Å². The van der Waals surface area contributed by atoms with E-state index in [1.807, 2.05) is 26.8 Å². The molecule has 5 nitrogen and oxygen atoms in total. The first-order chi connectivity index (χ1) is 13.2. The summed E-state index contributed by atoms with van der Waals surface area (Å²) in [4.78, 5) is 12.5. The van der Waals surface area contributed by atoms with E-state index < -0.39 is 5.60 Å². The van der Waals surface area contributed by atoms with Crippen molar-refractivity contribution in [2.24, 2.45) is 11.8 Å². The van der Waals surface area contributed by atoms with Crippen molar-refractivity contribution in [3.63, 3.8) is 0 Å². The Bertz CT molecular complexity index is 691. The number of nitrogens with zero attached hydrogens (tertiary/aromatic N) is 3. The first-order valence-corrected chi connectivity index (χ1v) is 10.9. The third kappa shape index (κ3) is 5.24. The van der Waals surface area contributed by atoms with E-state index in [1.54, 1.807) is 0 Å². The lowest BCUT2D eigenvalue weighted by molar-refractivity contribution is -0.155. The van der Waals surface area contributed by atoms with Crippen molar-refractivity contribution in [1.29, 1.82) is 0 Å². The average Bonchev–Trinajstić information content (AvgIpc) is 3.27. The smallest absolute Gasteiger partial charge is 0.307 e. The molecule has 3 rings (SSSR count). The Hall–Kier alpha value is -1.65. The van der Waals surface area contributed by atoms with E-state index in [0.717, 1.165) is 23.5 Å². The third-order valence-electron chi connectivity index (χ3n) is 5.72. The van der Waals surface area contributed by atoms with E-state index in [1.165, 1.54) is 32.1 Å². The highest BCUT2D eigenvalue weighted by molar-refractivity contribution is 5.70. The highest BCUT2D eigenvalue weighted by atomic mass is 16.6. The van der Waals surface area contributed by atoms with Gasteiger partial charge in [0.15, 0.2) is 0 Å². The van der Waals surface area contributed by atoms with Crippen LogP contribution in [0.1, 0.15) is 109 Å². The summed E-state index contributed by atoms with van der Waals surface area (Å²) in [5.41, 5.74) is -0.470. The van der Waals surface area contributed by atoms with Crippen LogP contribution in [0.25, 0.3) is 0 Å². The van der Waals surface area contributed by atoms with Crippen molar-refractivity contribution in [3.8, 4) is 0 Å². The Morgan fingerprint density at radius 3 is 2.50 bits per heavy atom. The van der Waals surface area contributed by atoms with Gasteiger partial charge in [0.2, 0.25) is 0 Å². The molecule has 1 heterocycles. The van der Waals surface area contributed by atoms with Gasteiger partial charge in [-0.1, -0.05) is 19.9 Å². The summed E-state index contributed by atoms with van der Waals surface area (Å²) < 4.78 is 7.93. The Morgan fingerprint density at radius 1 is 1.29 bits per heavy atom. The van der Waals surface area contributed by atoms with Gasteiger partial charge in [-0.25, -0.2) is 0 Å². The molecule has 28 heavy (non-hydrogen) atoms. The van der Waals surface area contributed by atoms with Crippen LogP contribution in [-0.2, 0) is 9.53 Å². The molecule has 0 N–H and O–H groups in total. The number of carbonyl (C=O) groups is 1. The molecule has 0 bridgehead atoms. The summed E-state index contributed by atoms with van der Waals surface area (Å²) in [5.74, 6) is 4.02. The van der Waals surface area contributed by atoms with Crippen LogP contribution in [0, 0.1) is 11.8 Å². The molecule has 2 saturated carbocycles. The van der Waals surface area contributed by atoms with Gasteiger partial charge in [0.05, 0.1) is 6.42 Å². The van der Waals surface area contributed by atoms with Gasteiger partial charge in [0.1, 0.15) is 17.2 Å². The van der Waals surface area contributed by atoms with Crippen molar-refractivity contribution in [3.05, 3.63) is 24.3 Å². The van der Waals surface area contributed by atoms with Crippen molar-refractivity contribution in [2.45, 2.75) is 103 Å². The van der Waals surface area contributed by atoms with Crippen LogP contribution in [0.15, 0.2) is 12.7 Å². The van der Waals surface area contributed by atoms with Gasteiger partial charge in [0.25, 0.3) is 0 Å². The molecule has 1 aromatic rings. The maximum Gasteiger partial charge on any atom is 0.307 e. The molecule has 2 aliphatic rings. The van der Waals surface area contributed by atoms with Crippen LogP contribution in [-0.4, -0.2) is 26.3 Å². The molecule has 5 heteroatoms. The monoisotopic (exact) mass is 387 g/mol. The van der Waals surface area contributed by atoms with Crippen LogP contribution < -0.4 is 0 Å². The second-order valence-corrected chi connectivity index (χ2v) is 10.2. The lowest BCUT2D eigenvalue weighted by atomic mass is 9.71. The van der Waals surface area contributed by atoms with Gasteiger partial charge < -0.3 is 9.30 Å². The summed E-state index contributed by atoms with van der Waals surface area (Å²) >= 11 is 0. The van der Waals surface area contributed by atoms with Crippen LogP contribution in [0.2, 0.25) is 0 Å².